The molecule has 0 aliphatic carbocycles. The number of amides is 3. The van der Waals surface area contributed by atoms with Crippen molar-refractivity contribution in [1.82, 2.24) is 15.5 Å². The number of urea groups is 1. The predicted octanol–water partition coefficient (Wildman–Crippen LogP) is 0.457. The van der Waals surface area contributed by atoms with Gasteiger partial charge in [-0.15, -0.1) is 12.4 Å². The van der Waals surface area contributed by atoms with E-state index in [0.29, 0.717) is 25.6 Å². The molecule has 0 saturated carbocycles. The van der Waals surface area contributed by atoms with Gasteiger partial charge in [-0.25, -0.2) is 4.79 Å². The third-order valence-electron chi connectivity index (χ3n) is 3.36. The lowest BCUT2D eigenvalue weighted by molar-refractivity contribution is -0.120. The Hall–Kier alpha value is -0.850. The maximum atomic E-state index is 11.5. The highest BCUT2D eigenvalue weighted by Crippen LogP contribution is 2.19. The molecule has 4 N–H and O–H groups in total. The minimum atomic E-state index is -0.447. The molecular weight excluding hydrogens is 268 g/mol. The zero-order valence-corrected chi connectivity index (χ0v) is 12.3. The number of nitrogens with zero attached hydrogens (tertiary/aromatic N) is 1. The second-order valence-corrected chi connectivity index (χ2v) is 4.64. The molecule has 0 aromatic carbocycles. The van der Waals surface area contributed by atoms with Gasteiger partial charge in [-0.3, -0.25) is 15.0 Å². The van der Waals surface area contributed by atoms with Gasteiger partial charge in [0, 0.05) is 26.1 Å². The fraction of sp³-hybridized carbons (Fsp3) is 0.833. The fourth-order valence-corrected chi connectivity index (χ4v) is 2.37. The average molecular weight is 293 g/mol. The predicted molar refractivity (Wildman–Crippen MR) is 77.3 cm³/mol. The van der Waals surface area contributed by atoms with Crippen molar-refractivity contribution in [2.24, 2.45) is 5.73 Å². The molecule has 0 spiro atoms. The Morgan fingerprint density at radius 2 is 2.11 bits per heavy atom. The van der Waals surface area contributed by atoms with Crippen LogP contribution in [0.1, 0.15) is 32.1 Å². The molecule has 1 aliphatic heterocycles. The van der Waals surface area contributed by atoms with E-state index in [1.54, 1.807) is 0 Å². The second-order valence-electron chi connectivity index (χ2n) is 4.64. The number of rotatable bonds is 5. The van der Waals surface area contributed by atoms with E-state index < -0.39 is 6.03 Å². The first kappa shape index (κ1) is 18.1. The van der Waals surface area contributed by atoms with E-state index in [1.165, 1.54) is 19.9 Å². The van der Waals surface area contributed by atoms with E-state index in [0.717, 1.165) is 19.4 Å². The van der Waals surface area contributed by atoms with Gasteiger partial charge in [-0.2, -0.15) is 0 Å². The van der Waals surface area contributed by atoms with Crippen molar-refractivity contribution in [3.63, 3.8) is 0 Å². The minimum absolute atomic E-state index is 0. The summed E-state index contributed by atoms with van der Waals surface area (Å²) in [6.07, 6.45) is 4.92. The summed E-state index contributed by atoms with van der Waals surface area (Å²) in [5.41, 5.74) is 5.60. The van der Waals surface area contributed by atoms with Gasteiger partial charge in [-0.1, -0.05) is 6.42 Å². The van der Waals surface area contributed by atoms with Crippen molar-refractivity contribution in [2.45, 2.75) is 38.1 Å². The van der Waals surface area contributed by atoms with E-state index in [1.807, 2.05) is 0 Å². The number of hydrogen-bond acceptors (Lipinski definition) is 4. The lowest BCUT2D eigenvalue weighted by atomic mass is 9.99. The quantitative estimate of drug-likeness (QED) is 0.687. The number of imide groups is 1. The maximum Gasteiger partial charge on any atom is 0.321 e. The van der Waals surface area contributed by atoms with Crippen LogP contribution in [0.2, 0.25) is 0 Å². The number of carbonyl (C=O) groups is 2. The lowest BCUT2D eigenvalue weighted by Crippen LogP contribution is -2.44. The normalized spacial score (nSPS) is 19.4. The number of carbonyl (C=O) groups excluding carboxylic acids is 2. The number of piperidine rings is 1. The summed E-state index contributed by atoms with van der Waals surface area (Å²) in [4.78, 5) is 24.8. The van der Waals surface area contributed by atoms with E-state index in [-0.39, 0.29) is 18.3 Å². The van der Waals surface area contributed by atoms with Gasteiger partial charge in [-0.05, 0) is 32.4 Å². The molecule has 1 unspecified atom stereocenters. The highest BCUT2D eigenvalue weighted by atomic mass is 35.5. The first-order chi connectivity index (χ1) is 8.67. The third kappa shape index (κ3) is 6.75. The van der Waals surface area contributed by atoms with Gasteiger partial charge in [0.15, 0.2) is 0 Å². The fourth-order valence-electron chi connectivity index (χ4n) is 2.37. The van der Waals surface area contributed by atoms with Crippen LogP contribution >= 0.6 is 12.4 Å². The smallest absolute Gasteiger partial charge is 0.321 e. The molecule has 1 saturated heterocycles. The first-order valence-corrected chi connectivity index (χ1v) is 6.63. The Balaban J connectivity index is 0.00000324. The van der Waals surface area contributed by atoms with E-state index >= 15 is 0 Å². The first-order valence-electron chi connectivity index (χ1n) is 6.63. The lowest BCUT2D eigenvalue weighted by Gasteiger charge is -2.35. The van der Waals surface area contributed by atoms with Crippen LogP contribution in [0.4, 0.5) is 4.79 Å². The molecule has 0 bridgehead atoms. The summed E-state index contributed by atoms with van der Waals surface area (Å²) < 4.78 is 0. The highest BCUT2D eigenvalue weighted by molar-refractivity contribution is 5.94. The van der Waals surface area contributed by atoms with Crippen LogP contribution in [0, 0.1) is 0 Å². The molecule has 19 heavy (non-hydrogen) atoms. The van der Waals surface area contributed by atoms with Crippen LogP contribution in [0.15, 0.2) is 0 Å². The molecule has 1 rings (SSSR count). The molecule has 112 valence electrons. The summed E-state index contributed by atoms with van der Waals surface area (Å²) in [6.45, 7) is 2.41. The summed E-state index contributed by atoms with van der Waals surface area (Å²) in [7, 11) is 1.49. The van der Waals surface area contributed by atoms with Crippen LogP contribution < -0.4 is 16.4 Å². The van der Waals surface area contributed by atoms with Crippen LogP contribution in [0.5, 0.6) is 0 Å². The topological polar surface area (TPSA) is 87.5 Å². The Bertz CT molecular complexity index is 287. The Labute approximate surface area is 120 Å². The molecule has 1 fully saturated rings. The maximum absolute atomic E-state index is 11.5. The molecule has 0 aromatic rings. The molecule has 6 nitrogen and oxygen atoms in total. The largest absolute Gasteiger partial charge is 0.341 e. The van der Waals surface area contributed by atoms with Crippen LogP contribution in [-0.2, 0) is 4.79 Å². The molecule has 0 radical (unpaired) electrons. The summed E-state index contributed by atoms with van der Waals surface area (Å²) in [5, 5.41) is 4.64. The zero-order chi connectivity index (χ0) is 13.4. The Kier molecular flexibility index (Phi) is 9.55. The number of hydrogen-bond donors (Lipinski definition) is 3. The number of likely N-dealkylation sites (tertiary alicyclic amines) is 1. The second kappa shape index (κ2) is 10.00. The van der Waals surface area contributed by atoms with Crippen molar-refractivity contribution in [3.8, 4) is 0 Å². The van der Waals surface area contributed by atoms with Crippen molar-refractivity contribution < 1.29 is 9.59 Å². The highest BCUT2D eigenvalue weighted by Gasteiger charge is 2.22. The SMILES string of the molecule is CNC(=O)NC(=O)CCN1CCCCC1CCN.Cl. The van der Waals surface area contributed by atoms with Crippen LogP contribution in [0.25, 0.3) is 0 Å². The molecule has 0 aromatic heterocycles. The minimum Gasteiger partial charge on any atom is -0.341 e. The molecule has 1 aliphatic rings. The molecule has 3 amide bonds. The van der Waals surface area contributed by atoms with Gasteiger partial charge < -0.3 is 11.1 Å². The van der Waals surface area contributed by atoms with Gasteiger partial charge >= 0.3 is 6.03 Å². The van der Waals surface area contributed by atoms with Gasteiger partial charge in [0.05, 0.1) is 0 Å². The average Bonchev–Trinajstić information content (AvgIpc) is 2.38. The Morgan fingerprint density at radius 3 is 2.74 bits per heavy atom. The van der Waals surface area contributed by atoms with Gasteiger partial charge in [0.1, 0.15) is 0 Å². The summed E-state index contributed by atoms with van der Waals surface area (Å²) >= 11 is 0. The van der Waals surface area contributed by atoms with Crippen molar-refractivity contribution in [1.29, 1.82) is 0 Å². The van der Waals surface area contributed by atoms with Crippen molar-refractivity contribution >= 4 is 24.3 Å². The van der Waals surface area contributed by atoms with Crippen LogP contribution in [0.3, 0.4) is 0 Å². The standard InChI is InChI=1S/C12H24N4O2.ClH/c1-14-12(18)15-11(17)6-9-16-8-3-2-4-10(16)5-7-13;/h10H,2-9,13H2,1H3,(H2,14,15,17,18);1H. The monoisotopic (exact) mass is 292 g/mol. The Morgan fingerprint density at radius 1 is 1.37 bits per heavy atom. The zero-order valence-electron chi connectivity index (χ0n) is 11.5. The molecular formula is C12H25ClN4O2. The number of halogens is 1. The number of nitrogens with one attached hydrogen (secondary N) is 2. The van der Waals surface area contributed by atoms with Crippen molar-refractivity contribution in [2.75, 3.05) is 26.7 Å². The summed E-state index contributed by atoms with van der Waals surface area (Å²) in [5.74, 6) is -0.230. The third-order valence-corrected chi connectivity index (χ3v) is 3.36. The number of nitrogens with two attached hydrogens (primary N) is 1. The van der Waals surface area contributed by atoms with E-state index in [4.69, 9.17) is 5.73 Å². The molecule has 1 atom stereocenters. The van der Waals surface area contributed by atoms with Crippen LogP contribution in [-0.4, -0.2) is 49.6 Å². The van der Waals surface area contributed by atoms with E-state index in [9.17, 15) is 9.59 Å². The van der Waals surface area contributed by atoms with Gasteiger partial charge in [0.2, 0.25) is 5.91 Å². The van der Waals surface area contributed by atoms with E-state index in [2.05, 4.69) is 15.5 Å². The van der Waals surface area contributed by atoms with Crippen molar-refractivity contribution in [3.05, 3.63) is 0 Å². The van der Waals surface area contributed by atoms with Gasteiger partial charge in [0.25, 0.3) is 0 Å². The summed E-state index contributed by atoms with van der Waals surface area (Å²) in [6, 6.07) is 0.0497. The molecule has 7 heteroatoms. The molecule has 1 heterocycles.